The molecule has 2 rings (SSSR count). The normalized spacial score (nSPS) is 34.2. The minimum atomic E-state index is -3.99. The van der Waals surface area contributed by atoms with Crippen LogP contribution in [0, 0.1) is 17.8 Å². The Bertz CT molecular complexity index is 252. The van der Waals surface area contributed by atoms with Crippen LogP contribution in [0.25, 0.3) is 0 Å². The molecule has 0 aromatic carbocycles. The molecule has 2 bridgehead atoms. The van der Waals surface area contributed by atoms with Gasteiger partial charge in [-0.1, -0.05) is 6.42 Å². The predicted molar refractivity (Wildman–Crippen MR) is 61.7 cm³/mol. The van der Waals surface area contributed by atoms with Crippen LogP contribution >= 0.6 is 0 Å². The highest BCUT2D eigenvalue weighted by Crippen LogP contribution is 2.50. The van der Waals surface area contributed by atoms with Crippen LogP contribution in [0.3, 0.4) is 0 Å². The predicted octanol–water partition coefficient (Wildman–Crippen LogP) is 3.74. The molecule has 4 heteroatoms. The summed E-state index contributed by atoms with van der Waals surface area (Å²) in [7, 11) is 1.89. The average molecular weight is 249 g/mol. The van der Waals surface area contributed by atoms with E-state index < -0.39 is 12.6 Å². The molecule has 0 spiro atoms. The van der Waals surface area contributed by atoms with Crippen molar-refractivity contribution >= 4 is 0 Å². The smallest absolute Gasteiger partial charge is 0.317 e. The molecular weight excluding hydrogens is 227 g/mol. The van der Waals surface area contributed by atoms with Gasteiger partial charge in [-0.2, -0.15) is 13.2 Å². The van der Waals surface area contributed by atoms with Gasteiger partial charge < -0.3 is 5.32 Å². The Balaban J connectivity index is 1.77. The lowest BCUT2D eigenvalue weighted by atomic mass is 9.81. The van der Waals surface area contributed by atoms with Crippen molar-refractivity contribution in [2.24, 2.45) is 17.8 Å². The van der Waals surface area contributed by atoms with Gasteiger partial charge in [0, 0.05) is 12.5 Å². The zero-order chi connectivity index (χ0) is 12.5. The molecule has 0 aromatic heterocycles. The summed E-state index contributed by atoms with van der Waals surface area (Å²) < 4.78 is 36.4. The van der Waals surface area contributed by atoms with Crippen LogP contribution in [-0.2, 0) is 0 Å². The van der Waals surface area contributed by atoms with E-state index in [1.807, 2.05) is 7.05 Å². The molecule has 0 saturated heterocycles. The highest BCUT2D eigenvalue weighted by Gasteiger charge is 2.42. The fourth-order valence-corrected chi connectivity index (χ4v) is 3.88. The lowest BCUT2D eigenvalue weighted by molar-refractivity contribution is -0.136. The molecule has 0 aromatic rings. The van der Waals surface area contributed by atoms with Gasteiger partial charge in [-0.3, -0.25) is 0 Å². The Kier molecular flexibility index (Phi) is 4.01. The number of fused-ring (bicyclic) bond motifs is 2. The molecule has 0 aliphatic heterocycles. The fourth-order valence-electron chi connectivity index (χ4n) is 3.88. The molecular formula is C13H22F3N. The van der Waals surface area contributed by atoms with Gasteiger partial charge in [0.2, 0.25) is 0 Å². The molecule has 2 fully saturated rings. The lowest BCUT2D eigenvalue weighted by Crippen LogP contribution is -2.36. The van der Waals surface area contributed by atoms with Gasteiger partial charge in [0.1, 0.15) is 0 Å². The first-order valence-corrected chi connectivity index (χ1v) is 6.73. The Morgan fingerprint density at radius 2 is 2.00 bits per heavy atom. The van der Waals surface area contributed by atoms with E-state index in [0.717, 1.165) is 11.8 Å². The Hall–Kier alpha value is -0.250. The van der Waals surface area contributed by atoms with Crippen molar-refractivity contribution in [3.05, 3.63) is 0 Å². The third-order valence-electron chi connectivity index (χ3n) is 4.66. The summed E-state index contributed by atoms with van der Waals surface area (Å²) in [5.74, 6) is 2.28. The molecule has 2 aliphatic carbocycles. The first-order chi connectivity index (χ1) is 7.99. The molecule has 1 N–H and O–H groups in total. The second-order valence-corrected chi connectivity index (χ2v) is 5.74. The maximum atomic E-state index is 12.1. The molecule has 0 heterocycles. The van der Waals surface area contributed by atoms with Crippen molar-refractivity contribution in [1.29, 1.82) is 0 Å². The Morgan fingerprint density at radius 1 is 1.24 bits per heavy atom. The summed E-state index contributed by atoms with van der Waals surface area (Å²) in [6, 6.07) is 0.299. The van der Waals surface area contributed by atoms with Crippen molar-refractivity contribution in [3.8, 4) is 0 Å². The first kappa shape index (κ1) is 13.2. The van der Waals surface area contributed by atoms with E-state index >= 15 is 0 Å². The minimum absolute atomic E-state index is 0.267. The van der Waals surface area contributed by atoms with Crippen LogP contribution in [0.5, 0.6) is 0 Å². The number of halogens is 3. The van der Waals surface area contributed by atoms with Crippen molar-refractivity contribution < 1.29 is 13.2 Å². The third kappa shape index (κ3) is 3.36. The van der Waals surface area contributed by atoms with Crippen molar-refractivity contribution in [3.63, 3.8) is 0 Å². The maximum Gasteiger partial charge on any atom is 0.389 e. The summed E-state index contributed by atoms with van der Waals surface area (Å²) >= 11 is 0. The van der Waals surface area contributed by atoms with E-state index in [1.54, 1.807) is 0 Å². The highest BCUT2D eigenvalue weighted by molar-refractivity contribution is 4.94. The van der Waals surface area contributed by atoms with E-state index in [0.29, 0.717) is 18.4 Å². The van der Waals surface area contributed by atoms with Gasteiger partial charge >= 0.3 is 6.18 Å². The molecule has 4 unspecified atom stereocenters. The molecule has 2 saturated carbocycles. The van der Waals surface area contributed by atoms with E-state index in [2.05, 4.69) is 5.32 Å². The Morgan fingerprint density at radius 3 is 2.47 bits per heavy atom. The van der Waals surface area contributed by atoms with Gasteiger partial charge in [0.05, 0.1) is 0 Å². The van der Waals surface area contributed by atoms with Crippen LogP contribution in [0.2, 0.25) is 0 Å². The van der Waals surface area contributed by atoms with Crippen molar-refractivity contribution in [2.45, 2.75) is 57.2 Å². The lowest BCUT2D eigenvalue weighted by Gasteiger charge is -2.30. The van der Waals surface area contributed by atoms with Crippen LogP contribution < -0.4 is 5.32 Å². The monoisotopic (exact) mass is 249 g/mol. The van der Waals surface area contributed by atoms with Gasteiger partial charge in [-0.05, 0) is 56.9 Å². The molecule has 0 amide bonds. The van der Waals surface area contributed by atoms with E-state index in [1.165, 1.54) is 25.7 Å². The topological polar surface area (TPSA) is 12.0 Å². The summed E-state index contributed by atoms with van der Waals surface area (Å²) in [6.07, 6.45) is 1.52. The molecule has 0 radical (unpaired) electrons. The summed E-state index contributed by atoms with van der Waals surface area (Å²) in [5, 5.41) is 3.25. The molecule has 4 atom stereocenters. The Labute approximate surface area is 101 Å². The molecule has 17 heavy (non-hydrogen) atoms. The zero-order valence-corrected chi connectivity index (χ0v) is 10.4. The van der Waals surface area contributed by atoms with E-state index in [4.69, 9.17) is 0 Å². The van der Waals surface area contributed by atoms with Crippen LogP contribution in [0.4, 0.5) is 13.2 Å². The molecule has 1 nitrogen and oxygen atoms in total. The minimum Gasteiger partial charge on any atom is -0.317 e. The van der Waals surface area contributed by atoms with Crippen molar-refractivity contribution in [2.75, 3.05) is 7.05 Å². The quantitative estimate of drug-likeness (QED) is 0.782. The third-order valence-corrected chi connectivity index (χ3v) is 4.66. The molecule has 100 valence electrons. The number of hydrogen-bond acceptors (Lipinski definition) is 1. The van der Waals surface area contributed by atoms with Gasteiger partial charge in [-0.15, -0.1) is 0 Å². The zero-order valence-electron chi connectivity index (χ0n) is 10.4. The SMILES string of the molecule is CNC(CCCC(F)(F)F)C1CC2CCC1C2. The second kappa shape index (κ2) is 5.17. The van der Waals surface area contributed by atoms with Crippen LogP contribution in [0.1, 0.15) is 44.9 Å². The average Bonchev–Trinajstić information content (AvgIpc) is 2.84. The van der Waals surface area contributed by atoms with Crippen molar-refractivity contribution in [1.82, 2.24) is 5.32 Å². The number of hydrogen-bond donors (Lipinski definition) is 1. The van der Waals surface area contributed by atoms with Crippen LogP contribution in [-0.4, -0.2) is 19.3 Å². The highest BCUT2D eigenvalue weighted by atomic mass is 19.4. The summed E-state index contributed by atoms with van der Waals surface area (Å²) in [4.78, 5) is 0. The number of nitrogens with one attached hydrogen (secondary N) is 1. The number of alkyl halides is 3. The standard InChI is InChI=1S/C13H22F3N/c1-17-12(3-2-6-13(14,15)16)11-8-9-4-5-10(11)7-9/h9-12,17H,2-8H2,1H3. The summed E-state index contributed by atoms with van der Waals surface area (Å²) in [5.41, 5.74) is 0. The molecule has 2 aliphatic rings. The summed E-state index contributed by atoms with van der Waals surface area (Å²) in [6.45, 7) is 0. The van der Waals surface area contributed by atoms with Gasteiger partial charge in [0.25, 0.3) is 0 Å². The number of rotatable bonds is 5. The second-order valence-electron chi connectivity index (χ2n) is 5.74. The van der Waals surface area contributed by atoms with E-state index in [9.17, 15) is 13.2 Å². The van der Waals surface area contributed by atoms with E-state index in [-0.39, 0.29) is 6.42 Å². The van der Waals surface area contributed by atoms with Crippen LogP contribution in [0.15, 0.2) is 0 Å². The largest absolute Gasteiger partial charge is 0.389 e. The van der Waals surface area contributed by atoms with Gasteiger partial charge in [-0.25, -0.2) is 0 Å². The first-order valence-electron chi connectivity index (χ1n) is 6.73. The van der Waals surface area contributed by atoms with Gasteiger partial charge in [0.15, 0.2) is 0 Å². The maximum absolute atomic E-state index is 12.1. The fraction of sp³-hybridized carbons (Fsp3) is 1.00.